The summed E-state index contributed by atoms with van der Waals surface area (Å²) in [7, 11) is 1.58. The van der Waals surface area contributed by atoms with Crippen molar-refractivity contribution in [2.24, 2.45) is 0 Å². The van der Waals surface area contributed by atoms with Crippen molar-refractivity contribution < 1.29 is 23.8 Å². The first-order chi connectivity index (χ1) is 17.4. The Morgan fingerprint density at radius 3 is 2.56 bits per heavy atom. The number of amides is 1. The van der Waals surface area contributed by atoms with Gasteiger partial charge in [0.25, 0.3) is 5.91 Å². The number of ether oxygens (including phenoxy) is 2. The van der Waals surface area contributed by atoms with E-state index < -0.39 is 6.04 Å². The first kappa shape index (κ1) is 25.8. The van der Waals surface area contributed by atoms with E-state index in [0.717, 1.165) is 36.0 Å². The van der Waals surface area contributed by atoms with Crippen molar-refractivity contribution in [2.75, 3.05) is 26.9 Å². The van der Waals surface area contributed by atoms with Gasteiger partial charge < -0.3 is 23.9 Å². The van der Waals surface area contributed by atoms with Crippen LogP contribution in [-0.2, 0) is 0 Å². The fourth-order valence-corrected chi connectivity index (χ4v) is 4.98. The normalized spacial score (nSPS) is 15.0. The number of rotatable bonds is 11. The van der Waals surface area contributed by atoms with Gasteiger partial charge in [0.1, 0.15) is 5.58 Å². The number of aliphatic hydroxyl groups excluding tert-OH is 1. The maximum atomic E-state index is 13.8. The second-order valence-corrected chi connectivity index (χ2v) is 9.43. The number of carbonyl (C=O) groups excluding carboxylic acids is 1. The Morgan fingerprint density at radius 1 is 1.03 bits per heavy atom. The number of hydrogen-bond donors (Lipinski definition) is 1. The molecule has 1 aliphatic rings. The minimum Gasteiger partial charge on any atom is -0.493 e. The van der Waals surface area contributed by atoms with Crippen LogP contribution in [0.1, 0.15) is 77.9 Å². The smallest absolute Gasteiger partial charge is 0.290 e. The molecule has 1 amide bonds. The van der Waals surface area contributed by atoms with Gasteiger partial charge in [0.2, 0.25) is 5.76 Å². The van der Waals surface area contributed by atoms with E-state index in [0.29, 0.717) is 41.1 Å². The van der Waals surface area contributed by atoms with E-state index in [2.05, 4.69) is 6.92 Å². The summed E-state index contributed by atoms with van der Waals surface area (Å²) in [4.78, 5) is 28.8. The molecule has 4 rings (SSSR count). The van der Waals surface area contributed by atoms with Crippen LogP contribution in [0.4, 0.5) is 0 Å². The molecule has 1 aliphatic heterocycles. The Labute approximate surface area is 211 Å². The van der Waals surface area contributed by atoms with Gasteiger partial charge in [-0.15, -0.1) is 0 Å². The Bertz CT molecular complexity index is 1310. The molecule has 0 radical (unpaired) electrons. The third-order valence-electron chi connectivity index (χ3n) is 6.71. The predicted molar refractivity (Wildman–Crippen MR) is 139 cm³/mol. The molecular weight excluding hydrogens is 458 g/mol. The maximum Gasteiger partial charge on any atom is 0.290 e. The third-order valence-corrected chi connectivity index (χ3v) is 6.71. The van der Waals surface area contributed by atoms with Gasteiger partial charge in [0, 0.05) is 13.2 Å². The van der Waals surface area contributed by atoms with E-state index in [9.17, 15) is 14.7 Å². The molecule has 0 saturated heterocycles. The highest BCUT2D eigenvalue weighted by atomic mass is 16.5. The molecule has 1 aromatic heterocycles. The molecule has 3 aromatic rings. The predicted octanol–water partition coefficient (Wildman–Crippen LogP) is 5.31. The topological polar surface area (TPSA) is 89.2 Å². The number of unbranched alkanes of at least 4 members (excludes halogenated alkanes) is 3. The van der Waals surface area contributed by atoms with Crippen molar-refractivity contribution in [3.63, 3.8) is 0 Å². The number of aryl methyl sites for hydroxylation is 2. The van der Waals surface area contributed by atoms with Gasteiger partial charge >= 0.3 is 0 Å². The quantitative estimate of drug-likeness (QED) is 0.365. The van der Waals surface area contributed by atoms with Crippen molar-refractivity contribution in [3.8, 4) is 11.5 Å². The van der Waals surface area contributed by atoms with Gasteiger partial charge in [-0.3, -0.25) is 9.59 Å². The lowest BCUT2D eigenvalue weighted by atomic mass is 9.97. The zero-order chi connectivity index (χ0) is 25.8. The molecule has 192 valence electrons. The van der Waals surface area contributed by atoms with Crippen LogP contribution in [0.2, 0.25) is 0 Å². The lowest BCUT2D eigenvalue weighted by molar-refractivity contribution is 0.0716. The average Bonchev–Trinajstić information content (AvgIpc) is 3.15. The molecule has 1 N–H and O–H groups in total. The summed E-state index contributed by atoms with van der Waals surface area (Å²) >= 11 is 0. The molecule has 36 heavy (non-hydrogen) atoms. The largest absolute Gasteiger partial charge is 0.493 e. The number of benzene rings is 2. The van der Waals surface area contributed by atoms with Crippen LogP contribution in [0.3, 0.4) is 0 Å². The first-order valence-corrected chi connectivity index (χ1v) is 12.7. The van der Waals surface area contributed by atoms with Gasteiger partial charge in [-0.05, 0) is 61.6 Å². The standard InChI is InChI=1S/C29H35NO6/c1-5-6-7-8-14-35-22-11-10-20(17-23(22)34-4)25-24-26(32)21-16-18(2)15-19(3)27(21)36-28(24)29(33)30(25)12-9-13-31/h10-11,15-17,25,31H,5-9,12-14H2,1-4H3. The second kappa shape index (κ2) is 11.2. The van der Waals surface area contributed by atoms with Gasteiger partial charge in [-0.25, -0.2) is 0 Å². The summed E-state index contributed by atoms with van der Waals surface area (Å²) in [6.45, 7) is 6.79. The van der Waals surface area contributed by atoms with Crippen LogP contribution in [0.5, 0.6) is 11.5 Å². The van der Waals surface area contributed by atoms with E-state index in [1.807, 2.05) is 44.2 Å². The monoisotopic (exact) mass is 493 g/mol. The number of carbonyl (C=O) groups is 1. The summed E-state index contributed by atoms with van der Waals surface area (Å²) in [6, 6.07) is 8.62. The highest BCUT2D eigenvalue weighted by molar-refractivity contribution is 5.99. The second-order valence-electron chi connectivity index (χ2n) is 9.43. The highest BCUT2D eigenvalue weighted by Gasteiger charge is 2.42. The van der Waals surface area contributed by atoms with Crippen LogP contribution in [0, 0.1) is 13.8 Å². The molecular formula is C29H35NO6. The van der Waals surface area contributed by atoms with Crippen LogP contribution in [-0.4, -0.2) is 42.8 Å². The number of hydrogen-bond acceptors (Lipinski definition) is 6. The van der Waals surface area contributed by atoms with Crippen LogP contribution in [0.25, 0.3) is 11.0 Å². The molecule has 0 saturated carbocycles. The summed E-state index contributed by atoms with van der Waals surface area (Å²) in [5.41, 5.74) is 3.04. The van der Waals surface area contributed by atoms with E-state index in [1.54, 1.807) is 12.0 Å². The Morgan fingerprint density at radius 2 is 1.83 bits per heavy atom. The average molecular weight is 494 g/mol. The summed E-state index contributed by atoms with van der Waals surface area (Å²) in [6.07, 6.45) is 4.80. The SMILES string of the molecule is CCCCCCOc1ccc(C2c3c(oc4c(C)cc(C)cc4c3=O)C(=O)N2CCCO)cc1OC. The van der Waals surface area contributed by atoms with Gasteiger partial charge in [-0.2, -0.15) is 0 Å². The van der Waals surface area contributed by atoms with Crippen molar-refractivity contribution in [1.29, 1.82) is 0 Å². The van der Waals surface area contributed by atoms with Crippen molar-refractivity contribution >= 4 is 16.9 Å². The fraction of sp³-hybridized carbons (Fsp3) is 0.448. The third kappa shape index (κ3) is 4.85. The van der Waals surface area contributed by atoms with E-state index >= 15 is 0 Å². The van der Waals surface area contributed by atoms with Crippen molar-refractivity contribution in [3.05, 3.63) is 68.6 Å². The van der Waals surface area contributed by atoms with Crippen LogP contribution >= 0.6 is 0 Å². The molecule has 0 fully saturated rings. The minimum atomic E-state index is -0.645. The Hall–Kier alpha value is -3.32. The Kier molecular flexibility index (Phi) is 7.99. The minimum absolute atomic E-state index is 0.0668. The molecule has 2 heterocycles. The van der Waals surface area contributed by atoms with Crippen LogP contribution in [0.15, 0.2) is 39.5 Å². The highest BCUT2D eigenvalue weighted by Crippen LogP contribution is 2.41. The van der Waals surface area contributed by atoms with Crippen molar-refractivity contribution in [2.45, 2.75) is 58.9 Å². The Balaban J connectivity index is 1.78. The zero-order valence-corrected chi connectivity index (χ0v) is 21.6. The summed E-state index contributed by atoms with van der Waals surface area (Å²) in [5.74, 6) is 0.888. The lowest BCUT2D eigenvalue weighted by Crippen LogP contribution is -2.31. The van der Waals surface area contributed by atoms with Crippen molar-refractivity contribution in [1.82, 2.24) is 4.90 Å². The first-order valence-electron chi connectivity index (χ1n) is 12.7. The maximum absolute atomic E-state index is 13.8. The lowest BCUT2D eigenvalue weighted by Gasteiger charge is -2.25. The molecule has 0 spiro atoms. The van der Waals surface area contributed by atoms with Gasteiger partial charge in [-0.1, -0.05) is 38.3 Å². The molecule has 2 aromatic carbocycles. The summed E-state index contributed by atoms with van der Waals surface area (Å²) in [5, 5.41) is 9.92. The van der Waals surface area contributed by atoms with E-state index in [1.165, 1.54) is 6.42 Å². The number of nitrogens with zero attached hydrogens (tertiary/aromatic N) is 1. The zero-order valence-electron chi connectivity index (χ0n) is 21.6. The van der Waals surface area contributed by atoms with E-state index in [4.69, 9.17) is 13.9 Å². The summed E-state index contributed by atoms with van der Waals surface area (Å²) < 4.78 is 17.7. The van der Waals surface area contributed by atoms with E-state index in [-0.39, 0.29) is 30.2 Å². The molecule has 7 nitrogen and oxygen atoms in total. The van der Waals surface area contributed by atoms with Crippen LogP contribution < -0.4 is 14.9 Å². The number of methoxy groups -OCH3 is 1. The molecule has 1 unspecified atom stereocenters. The molecule has 0 aliphatic carbocycles. The molecule has 1 atom stereocenters. The number of aliphatic hydroxyl groups is 1. The fourth-order valence-electron chi connectivity index (χ4n) is 4.98. The molecule has 7 heteroatoms. The number of fused-ring (bicyclic) bond motifs is 2. The van der Waals surface area contributed by atoms with Gasteiger partial charge in [0.05, 0.1) is 30.7 Å². The molecule has 0 bridgehead atoms. The van der Waals surface area contributed by atoms with Gasteiger partial charge in [0.15, 0.2) is 16.9 Å².